The molecule has 27 heavy (non-hydrogen) atoms. The van der Waals surface area contributed by atoms with E-state index >= 15 is 0 Å². The third kappa shape index (κ3) is 4.43. The minimum Gasteiger partial charge on any atom is -0.483 e. The molecule has 0 radical (unpaired) electrons. The average molecular weight is 388 g/mol. The van der Waals surface area contributed by atoms with Crippen LogP contribution in [-0.4, -0.2) is 23.7 Å². The second kappa shape index (κ2) is 8.18. The first-order valence-electron chi connectivity index (χ1n) is 8.45. The first-order chi connectivity index (χ1) is 13.0. The number of nitro benzene ring substituents is 1. The number of nitro groups is 1. The number of rotatable bonds is 6. The molecule has 3 rings (SSSR count). The summed E-state index contributed by atoms with van der Waals surface area (Å²) in [6.45, 7) is 1.91. The van der Waals surface area contributed by atoms with E-state index in [-0.39, 0.29) is 12.3 Å². The van der Waals surface area contributed by atoms with Gasteiger partial charge in [-0.15, -0.1) is 0 Å². The highest BCUT2D eigenvalue weighted by Crippen LogP contribution is 2.32. The fraction of sp³-hybridized carbons (Fsp3) is 0.263. The number of non-ortho nitro benzene ring substituents is 1. The smallest absolute Gasteiger partial charge is 0.277 e. The fourth-order valence-corrected chi connectivity index (χ4v) is 3.25. The molecule has 2 aromatic carbocycles. The number of ether oxygens (including phenoxy) is 1. The normalized spacial score (nSPS) is 12.8. The summed E-state index contributed by atoms with van der Waals surface area (Å²) in [5, 5.41) is 14.9. The number of hydrazone groups is 1. The van der Waals surface area contributed by atoms with E-state index in [1.807, 2.05) is 12.1 Å². The van der Waals surface area contributed by atoms with Crippen LogP contribution in [0.15, 0.2) is 35.4 Å². The number of carbonyl (C=O) groups excluding carboxylic acids is 1. The van der Waals surface area contributed by atoms with Crippen molar-refractivity contribution < 1.29 is 14.5 Å². The van der Waals surface area contributed by atoms with Gasteiger partial charge in [-0.05, 0) is 55.0 Å². The number of carbonyl (C=O) groups is 1. The average Bonchev–Trinajstić information content (AvgIpc) is 3.13. The van der Waals surface area contributed by atoms with E-state index in [0.29, 0.717) is 10.6 Å². The van der Waals surface area contributed by atoms with Gasteiger partial charge in [0.05, 0.1) is 11.1 Å². The van der Waals surface area contributed by atoms with Crippen LogP contribution in [0, 0.1) is 17.0 Å². The highest BCUT2D eigenvalue weighted by molar-refractivity contribution is 6.33. The van der Waals surface area contributed by atoms with Crippen LogP contribution in [0.25, 0.3) is 0 Å². The standard InChI is InChI=1S/C19H18ClN3O4/c1-12-5-8-18(16-4-2-3-15(12)16)27-11-19(24)22-21-10-13-9-14(23(25)26)6-7-17(13)20/h5-10H,2-4,11H2,1H3,(H,22,24)/b21-10-. The van der Waals surface area contributed by atoms with E-state index in [0.717, 1.165) is 25.0 Å². The number of benzene rings is 2. The molecule has 0 saturated carbocycles. The largest absolute Gasteiger partial charge is 0.483 e. The van der Waals surface area contributed by atoms with Gasteiger partial charge in [0.1, 0.15) is 5.75 Å². The van der Waals surface area contributed by atoms with Crippen molar-refractivity contribution in [2.24, 2.45) is 5.10 Å². The third-order valence-corrected chi connectivity index (χ3v) is 4.76. The lowest BCUT2D eigenvalue weighted by molar-refractivity contribution is -0.384. The molecule has 8 heteroatoms. The van der Waals surface area contributed by atoms with Crippen LogP contribution in [0.5, 0.6) is 5.75 Å². The SMILES string of the molecule is Cc1ccc(OCC(=O)N/N=C\c2cc([N+](=O)[O-])ccc2Cl)c2c1CCC2. The Morgan fingerprint density at radius 1 is 1.33 bits per heavy atom. The molecule has 1 amide bonds. The Balaban J connectivity index is 1.58. The summed E-state index contributed by atoms with van der Waals surface area (Å²) in [6, 6.07) is 7.87. The molecule has 0 aromatic heterocycles. The highest BCUT2D eigenvalue weighted by Gasteiger charge is 2.18. The second-order valence-corrected chi connectivity index (χ2v) is 6.64. The third-order valence-electron chi connectivity index (χ3n) is 4.42. The predicted molar refractivity (Wildman–Crippen MR) is 103 cm³/mol. The molecule has 7 nitrogen and oxygen atoms in total. The lowest BCUT2D eigenvalue weighted by Gasteiger charge is -2.11. The predicted octanol–water partition coefficient (Wildman–Crippen LogP) is 3.57. The number of amides is 1. The summed E-state index contributed by atoms with van der Waals surface area (Å²) in [7, 11) is 0. The van der Waals surface area contributed by atoms with Crippen LogP contribution < -0.4 is 10.2 Å². The zero-order valence-corrected chi connectivity index (χ0v) is 15.5. The Morgan fingerprint density at radius 3 is 2.89 bits per heavy atom. The molecule has 0 aliphatic heterocycles. The van der Waals surface area contributed by atoms with Crippen molar-refractivity contribution >= 4 is 29.4 Å². The summed E-state index contributed by atoms with van der Waals surface area (Å²) in [6.07, 6.45) is 4.35. The number of halogens is 1. The fourth-order valence-electron chi connectivity index (χ4n) is 3.08. The van der Waals surface area contributed by atoms with Crippen molar-refractivity contribution in [1.82, 2.24) is 5.43 Å². The molecule has 1 N–H and O–H groups in total. The number of aryl methyl sites for hydroxylation is 1. The Kier molecular flexibility index (Phi) is 5.71. The van der Waals surface area contributed by atoms with Crippen LogP contribution in [0.2, 0.25) is 5.02 Å². The summed E-state index contributed by atoms with van der Waals surface area (Å²) in [5.41, 5.74) is 6.30. The van der Waals surface area contributed by atoms with Crippen LogP contribution in [0.3, 0.4) is 0 Å². The quantitative estimate of drug-likeness (QED) is 0.465. The molecular weight excluding hydrogens is 370 g/mol. The first-order valence-corrected chi connectivity index (χ1v) is 8.83. The van der Waals surface area contributed by atoms with Crippen molar-refractivity contribution in [3.8, 4) is 5.75 Å². The van der Waals surface area contributed by atoms with Crippen LogP contribution in [0.1, 0.15) is 28.7 Å². The Labute approximate surface area is 161 Å². The maximum Gasteiger partial charge on any atom is 0.277 e. The summed E-state index contributed by atoms with van der Waals surface area (Å²) >= 11 is 5.97. The number of nitrogens with zero attached hydrogens (tertiary/aromatic N) is 2. The summed E-state index contributed by atoms with van der Waals surface area (Å²) in [5.74, 6) is 0.300. The van der Waals surface area contributed by atoms with E-state index in [2.05, 4.69) is 17.5 Å². The molecule has 0 bridgehead atoms. The van der Waals surface area contributed by atoms with E-state index in [9.17, 15) is 14.9 Å². The van der Waals surface area contributed by atoms with Gasteiger partial charge in [-0.3, -0.25) is 14.9 Å². The van der Waals surface area contributed by atoms with Crippen LogP contribution in [-0.2, 0) is 17.6 Å². The topological polar surface area (TPSA) is 93.8 Å². The molecule has 1 aliphatic rings. The van der Waals surface area contributed by atoms with Crippen LogP contribution >= 0.6 is 11.6 Å². The molecular formula is C19H18ClN3O4. The lowest BCUT2D eigenvalue weighted by atomic mass is 10.0. The van der Waals surface area contributed by atoms with Crippen molar-refractivity contribution in [2.45, 2.75) is 26.2 Å². The van der Waals surface area contributed by atoms with E-state index in [1.165, 1.54) is 41.1 Å². The molecule has 0 atom stereocenters. The molecule has 140 valence electrons. The summed E-state index contributed by atoms with van der Waals surface area (Å²) in [4.78, 5) is 22.2. The van der Waals surface area contributed by atoms with Gasteiger partial charge in [-0.1, -0.05) is 17.7 Å². The molecule has 0 heterocycles. The molecule has 0 fully saturated rings. The van der Waals surface area contributed by atoms with Crippen LogP contribution in [0.4, 0.5) is 5.69 Å². The zero-order chi connectivity index (χ0) is 19.4. The van der Waals surface area contributed by atoms with Gasteiger partial charge >= 0.3 is 0 Å². The minimum absolute atomic E-state index is 0.108. The zero-order valence-electron chi connectivity index (χ0n) is 14.7. The Bertz CT molecular complexity index is 927. The van der Waals surface area contributed by atoms with E-state index in [4.69, 9.17) is 16.3 Å². The monoisotopic (exact) mass is 387 g/mol. The molecule has 0 saturated heterocycles. The van der Waals surface area contributed by atoms with Crippen molar-refractivity contribution in [3.05, 3.63) is 67.7 Å². The number of hydrogen-bond acceptors (Lipinski definition) is 5. The Morgan fingerprint density at radius 2 is 2.11 bits per heavy atom. The first kappa shape index (κ1) is 18.8. The molecule has 0 spiro atoms. The van der Waals surface area contributed by atoms with E-state index in [1.54, 1.807) is 0 Å². The van der Waals surface area contributed by atoms with Crippen molar-refractivity contribution in [2.75, 3.05) is 6.61 Å². The van der Waals surface area contributed by atoms with Gasteiger partial charge in [0.15, 0.2) is 6.61 Å². The minimum atomic E-state index is -0.528. The van der Waals surface area contributed by atoms with Gasteiger partial charge in [-0.2, -0.15) is 5.10 Å². The van der Waals surface area contributed by atoms with Gasteiger partial charge in [-0.25, -0.2) is 5.43 Å². The Hall–Kier alpha value is -2.93. The molecule has 1 aliphatic carbocycles. The summed E-state index contributed by atoms with van der Waals surface area (Å²) < 4.78 is 5.64. The maximum absolute atomic E-state index is 11.9. The van der Waals surface area contributed by atoms with E-state index < -0.39 is 10.8 Å². The highest BCUT2D eigenvalue weighted by atomic mass is 35.5. The van der Waals surface area contributed by atoms with Gasteiger partial charge in [0, 0.05) is 22.7 Å². The van der Waals surface area contributed by atoms with Crippen molar-refractivity contribution in [1.29, 1.82) is 0 Å². The van der Waals surface area contributed by atoms with Gasteiger partial charge < -0.3 is 4.74 Å². The van der Waals surface area contributed by atoms with Crippen molar-refractivity contribution in [3.63, 3.8) is 0 Å². The molecule has 0 unspecified atom stereocenters. The lowest BCUT2D eigenvalue weighted by Crippen LogP contribution is -2.24. The van der Waals surface area contributed by atoms with Gasteiger partial charge in [0.25, 0.3) is 11.6 Å². The number of hydrogen-bond donors (Lipinski definition) is 1. The van der Waals surface area contributed by atoms with Gasteiger partial charge in [0.2, 0.25) is 0 Å². The molecule has 2 aromatic rings. The second-order valence-electron chi connectivity index (χ2n) is 6.24. The number of nitrogens with one attached hydrogen (secondary N) is 1. The number of fused-ring (bicyclic) bond motifs is 1. The maximum atomic E-state index is 11.9.